The fourth-order valence-corrected chi connectivity index (χ4v) is 2.66. The zero-order valence-electron chi connectivity index (χ0n) is 16.8. The molecule has 3 N–H and O–H groups in total. The molecule has 0 aliphatic rings. The van der Waals surface area contributed by atoms with Gasteiger partial charge in [-0.15, -0.1) is 0 Å². The van der Waals surface area contributed by atoms with Gasteiger partial charge in [-0.3, -0.25) is 4.98 Å². The van der Waals surface area contributed by atoms with Crippen LogP contribution in [0.4, 0.5) is 19.1 Å². The van der Waals surface area contributed by atoms with Crippen LogP contribution in [0.3, 0.4) is 0 Å². The molecular weight excluding hydrogens is 429 g/mol. The number of anilines is 1. The van der Waals surface area contributed by atoms with E-state index in [0.29, 0.717) is 17.6 Å². The SMILES string of the molecule is C[C@@H](Oc1nc(NCc2ccc(-c3cccc(CO)n3)cc2)ncc1C(F)(F)F)C(=O)O. The minimum Gasteiger partial charge on any atom is -0.479 e. The molecule has 0 amide bonds. The molecule has 2 heterocycles. The van der Waals surface area contributed by atoms with E-state index in [2.05, 4.69) is 20.3 Å². The molecule has 0 spiro atoms. The van der Waals surface area contributed by atoms with Gasteiger partial charge in [0.2, 0.25) is 11.8 Å². The Hall–Kier alpha value is -3.73. The molecule has 2 aromatic heterocycles. The van der Waals surface area contributed by atoms with Crippen molar-refractivity contribution >= 4 is 11.9 Å². The van der Waals surface area contributed by atoms with Gasteiger partial charge in [-0.2, -0.15) is 18.2 Å². The molecule has 0 aliphatic heterocycles. The second kappa shape index (κ2) is 9.60. The number of alkyl halides is 3. The highest BCUT2D eigenvalue weighted by atomic mass is 19.4. The molecule has 3 rings (SSSR count). The number of pyridine rings is 1. The van der Waals surface area contributed by atoms with Crippen LogP contribution in [0.25, 0.3) is 11.3 Å². The normalized spacial score (nSPS) is 12.3. The van der Waals surface area contributed by atoms with Gasteiger partial charge in [-0.05, 0) is 24.6 Å². The Morgan fingerprint density at radius 2 is 1.88 bits per heavy atom. The molecule has 0 bridgehead atoms. The van der Waals surface area contributed by atoms with Crippen molar-refractivity contribution in [2.75, 3.05) is 5.32 Å². The van der Waals surface area contributed by atoms with E-state index < -0.39 is 29.7 Å². The summed E-state index contributed by atoms with van der Waals surface area (Å²) >= 11 is 0. The van der Waals surface area contributed by atoms with Gasteiger partial charge < -0.3 is 20.3 Å². The molecule has 8 nitrogen and oxygen atoms in total. The van der Waals surface area contributed by atoms with Crippen LogP contribution in [0.15, 0.2) is 48.7 Å². The van der Waals surface area contributed by atoms with Gasteiger partial charge in [0.1, 0.15) is 5.56 Å². The van der Waals surface area contributed by atoms with Crippen molar-refractivity contribution in [3.05, 3.63) is 65.5 Å². The predicted octanol–water partition coefficient (Wildman–Crippen LogP) is 3.51. The van der Waals surface area contributed by atoms with Crippen molar-refractivity contribution in [1.29, 1.82) is 0 Å². The number of aliphatic hydroxyl groups excluding tert-OH is 1. The summed E-state index contributed by atoms with van der Waals surface area (Å²) in [7, 11) is 0. The largest absolute Gasteiger partial charge is 0.479 e. The summed E-state index contributed by atoms with van der Waals surface area (Å²) in [6, 6.07) is 12.5. The van der Waals surface area contributed by atoms with E-state index >= 15 is 0 Å². The van der Waals surface area contributed by atoms with Crippen LogP contribution in [-0.4, -0.2) is 37.2 Å². The average Bonchev–Trinajstić information content (AvgIpc) is 2.77. The third-order valence-electron chi connectivity index (χ3n) is 4.36. The van der Waals surface area contributed by atoms with Crippen molar-refractivity contribution in [3.63, 3.8) is 0 Å². The lowest BCUT2D eigenvalue weighted by Gasteiger charge is -2.16. The van der Waals surface area contributed by atoms with E-state index in [1.54, 1.807) is 24.3 Å². The Morgan fingerprint density at radius 1 is 1.16 bits per heavy atom. The van der Waals surface area contributed by atoms with Crippen molar-refractivity contribution in [2.45, 2.75) is 32.4 Å². The number of hydrogen-bond acceptors (Lipinski definition) is 7. The summed E-state index contributed by atoms with van der Waals surface area (Å²) in [6.07, 6.45) is -5.78. The fraction of sp³-hybridized carbons (Fsp3) is 0.238. The van der Waals surface area contributed by atoms with Crippen LogP contribution >= 0.6 is 0 Å². The third-order valence-corrected chi connectivity index (χ3v) is 4.36. The zero-order chi connectivity index (χ0) is 23.3. The number of carboxylic acids is 1. The highest BCUT2D eigenvalue weighted by Crippen LogP contribution is 2.35. The van der Waals surface area contributed by atoms with Crippen LogP contribution < -0.4 is 10.1 Å². The topological polar surface area (TPSA) is 117 Å². The van der Waals surface area contributed by atoms with Gasteiger partial charge in [0, 0.05) is 18.3 Å². The molecular formula is C21H19F3N4O4. The number of aromatic nitrogens is 3. The van der Waals surface area contributed by atoms with Gasteiger partial charge in [0.25, 0.3) is 0 Å². The molecule has 1 aromatic carbocycles. The van der Waals surface area contributed by atoms with Crippen LogP contribution in [0.1, 0.15) is 23.7 Å². The van der Waals surface area contributed by atoms with Crippen molar-refractivity contribution in [3.8, 4) is 17.1 Å². The Bertz CT molecular complexity index is 1090. The number of ether oxygens (including phenoxy) is 1. The lowest BCUT2D eigenvalue weighted by atomic mass is 10.1. The number of aliphatic hydroxyl groups is 1. The Balaban J connectivity index is 1.74. The van der Waals surface area contributed by atoms with Gasteiger partial charge in [-0.25, -0.2) is 9.78 Å². The summed E-state index contributed by atoms with van der Waals surface area (Å²) < 4.78 is 44.4. The maximum absolute atomic E-state index is 13.2. The molecule has 1 atom stereocenters. The quantitative estimate of drug-likeness (QED) is 0.479. The zero-order valence-corrected chi connectivity index (χ0v) is 16.8. The Morgan fingerprint density at radius 3 is 2.50 bits per heavy atom. The lowest BCUT2D eigenvalue weighted by molar-refractivity contribution is -0.147. The first-order chi connectivity index (χ1) is 15.2. The van der Waals surface area contributed by atoms with Gasteiger partial charge >= 0.3 is 12.1 Å². The summed E-state index contributed by atoms with van der Waals surface area (Å²) in [5.74, 6) is -2.44. The summed E-state index contributed by atoms with van der Waals surface area (Å²) in [6.45, 7) is 1.13. The van der Waals surface area contributed by atoms with E-state index in [-0.39, 0.29) is 19.1 Å². The van der Waals surface area contributed by atoms with Crippen LogP contribution in [0, 0.1) is 0 Å². The second-order valence-electron chi connectivity index (χ2n) is 6.73. The summed E-state index contributed by atoms with van der Waals surface area (Å²) in [5.41, 5.74) is 1.59. The third kappa shape index (κ3) is 5.70. The van der Waals surface area contributed by atoms with Crippen molar-refractivity contribution < 1.29 is 32.9 Å². The maximum atomic E-state index is 13.2. The fourth-order valence-electron chi connectivity index (χ4n) is 2.66. The monoisotopic (exact) mass is 448 g/mol. The number of nitrogens with one attached hydrogen (secondary N) is 1. The predicted molar refractivity (Wildman–Crippen MR) is 108 cm³/mol. The van der Waals surface area contributed by atoms with Crippen LogP contribution in [0.5, 0.6) is 5.88 Å². The molecule has 0 unspecified atom stereocenters. The Labute approximate surface area is 180 Å². The number of aliphatic carboxylic acids is 1. The molecule has 0 saturated carbocycles. The number of carboxylic acid groups (broad SMARTS) is 1. The lowest BCUT2D eigenvalue weighted by Crippen LogP contribution is -2.25. The summed E-state index contributed by atoms with van der Waals surface area (Å²) in [5, 5.41) is 20.9. The maximum Gasteiger partial charge on any atom is 0.423 e. The molecule has 0 radical (unpaired) electrons. The van der Waals surface area contributed by atoms with Crippen LogP contribution in [0.2, 0.25) is 0 Å². The van der Waals surface area contributed by atoms with E-state index in [1.165, 1.54) is 0 Å². The first kappa shape index (κ1) is 22.9. The minimum absolute atomic E-state index is 0.146. The van der Waals surface area contributed by atoms with Gasteiger partial charge in [0.15, 0.2) is 6.10 Å². The number of halogens is 3. The highest BCUT2D eigenvalue weighted by molar-refractivity contribution is 5.72. The molecule has 32 heavy (non-hydrogen) atoms. The number of nitrogens with zero attached hydrogens (tertiary/aromatic N) is 3. The molecule has 0 saturated heterocycles. The van der Waals surface area contributed by atoms with E-state index in [1.807, 2.05) is 18.2 Å². The smallest absolute Gasteiger partial charge is 0.423 e. The first-order valence-electron chi connectivity index (χ1n) is 9.41. The number of benzene rings is 1. The molecule has 0 fully saturated rings. The van der Waals surface area contributed by atoms with E-state index in [4.69, 9.17) is 9.84 Å². The van der Waals surface area contributed by atoms with Gasteiger partial charge in [0.05, 0.1) is 18.0 Å². The standard InChI is InChI=1S/C21H19F3N4O4/c1-12(19(30)31)32-18-16(21(22,23)24)10-26-20(28-18)25-9-13-5-7-14(8-6-13)17-4-2-3-15(11-29)27-17/h2-8,10,12,29H,9,11H2,1H3,(H,30,31)(H,25,26,28)/t12-/m1/s1. The van der Waals surface area contributed by atoms with Crippen LogP contribution in [-0.2, 0) is 24.1 Å². The Kier molecular flexibility index (Phi) is 6.89. The highest BCUT2D eigenvalue weighted by Gasteiger charge is 2.37. The second-order valence-corrected chi connectivity index (χ2v) is 6.73. The molecule has 3 aromatic rings. The molecule has 168 valence electrons. The average molecular weight is 448 g/mol. The number of hydrogen-bond donors (Lipinski definition) is 3. The molecule has 11 heteroatoms. The molecule has 0 aliphatic carbocycles. The number of carbonyl (C=O) groups is 1. The first-order valence-corrected chi connectivity index (χ1v) is 9.41. The number of rotatable bonds is 8. The van der Waals surface area contributed by atoms with E-state index in [9.17, 15) is 23.1 Å². The van der Waals surface area contributed by atoms with Crippen molar-refractivity contribution in [1.82, 2.24) is 15.0 Å². The van der Waals surface area contributed by atoms with Gasteiger partial charge in [-0.1, -0.05) is 30.3 Å². The van der Waals surface area contributed by atoms with E-state index in [0.717, 1.165) is 18.1 Å². The summed E-state index contributed by atoms with van der Waals surface area (Å²) in [4.78, 5) is 22.6. The minimum atomic E-state index is -4.80. The van der Waals surface area contributed by atoms with Crippen molar-refractivity contribution in [2.24, 2.45) is 0 Å².